The molecule has 0 radical (unpaired) electrons. The van der Waals surface area contributed by atoms with Gasteiger partial charge < -0.3 is 19.5 Å². The Kier molecular flexibility index (Phi) is 5.83. The number of likely N-dealkylation sites (tertiary alicyclic amines) is 1. The molecule has 0 spiro atoms. The highest BCUT2D eigenvalue weighted by Crippen LogP contribution is 2.32. The number of anilines is 2. The zero-order valence-corrected chi connectivity index (χ0v) is 19.2. The van der Waals surface area contributed by atoms with Crippen LogP contribution in [0.2, 0.25) is 0 Å². The average Bonchev–Trinajstić information content (AvgIpc) is 3.55. The second-order valence-electron chi connectivity index (χ2n) is 8.09. The number of nitrogens with zero attached hydrogens (tertiary/aromatic N) is 4. The Bertz CT molecular complexity index is 1300. The van der Waals surface area contributed by atoms with Crippen LogP contribution in [0.4, 0.5) is 10.9 Å². The van der Waals surface area contributed by atoms with Gasteiger partial charge in [-0.05, 0) is 24.6 Å². The van der Waals surface area contributed by atoms with Crippen LogP contribution in [0.15, 0.2) is 67.5 Å². The molecule has 4 aromatic rings. The van der Waals surface area contributed by atoms with Crippen molar-refractivity contribution in [3.05, 3.63) is 78.0 Å². The van der Waals surface area contributed by atoms with E-state index < -0.39 is 0 Å². The number of nitrogens with one attached hydrogen (secondary N) is 1. The van der Waals surface area contributed by atoms with E-state index in [1.807, 2.05) is 43.5 Å². The van der Waals surface area contributed by atoms with Gasteiger partial charge in [0.05, 0.1) is 17.4 Å². The molecule has 1 unspecified atom stereocenters. The standard InChI is InChI=1S/C25H25N5O2S/c1-3-23(31)30-11-9-19(16-30)32-24-20-10-12-29(15-18-7-5-4-6-8-18)21(20)13-22(27-24)28-25-26-14-17(2)33-25/h3-8,10,12-14,19H,1,9,11,15-16H2,2H3,(H,26,27,28). The van der Waals surface area contributed by atoms with Crippen LogP contribution in [0.1, 0.15) is 16.9 Å². The molecule has 1 aliphatic heterocycles. The van der Waals surface area contributed by atoms with Crippen LogP contribution >= 0.6 is 11.3 Å². The molecule has 168 valence electrons. The number of aromatic nitrogens is 3. The largest absolute Gasteiger partial charge is 0.472 e. The molecule has 3 aromatic heterocycles. The molecular weight excluding hydrogens is 434 g/mol. The number of fused-ring (bicyclic) bond motifs is 1. The number of ether oxygens (including phenoxy) is 1. The van der Waals surface area contributed by atoms with Crippen molar-refractivity contribution in [3.63, 3.8) is 0 Å². The Labute approximate surface area is 196 Å². The molecule has 8 heteroatoms. The second-order valence-corrected chi connectivity index (χ2v) is 9.33. The number of pyridine rings is 1. The van der Waals surface area contributed by atoms with E-state index >= 15 is 0 Å². The Morgan fingerprint density at radius 1 is 1.33 bits per heavy atom. The van der Waals surface area contributed by atoms with Crippen LogP contribution in [0, 0.1) is 6.92 Å². The maximum atomic E-state index is 12.0. The SMILES string of the molecule is C=CC(=O)N1CCC(Oc2nc(Nc3ncc(C)s3)cc3c2ccn3Cc2ccccc2)C1. The average molecular weight is 460 g/mol. The van der Waals surface area contributed by atoms with Crippen molar-refractivity contribution in [2.75, 3.05) is 18.4 Å². The lowest BCUT2D eigenvalue weighted by Crippen LogP contribution is -2.29. The summed E-state index contributed by atoms with van der Waals surface area (Å²) in [6.45, 7) is 7.54. The van der Waals surface area contributed by atoms with Gasteiger partial charge in [-0.1, -0.05) is 36.9 Å². The molecule has 1 amide bonds. The van der Waals surface area contributed by atoms with Gasteiger partial charge in [0, 0.05) is 42.8 Å². The number of aryl methyl sites for hydroxylation is 1. The minimum Gasteiger partial charge on any atom is -0.472 e. The molecule has 1 aliphatic rings. The van der Waals surface area contributed by atoms with Gasteiger partial charge in [-0.25, -0.2) is 4.98 Å². The van der Waals surface area contributed by atoms with Crippen LogP contribution < -0.4 is 10.1 Å². The summed E-state index contributed by atoms with van der Waals surface area (Å²) in [6, 6.07) is 14.4. The van der Waals surface area contributed by atoms with E-state index in [9.17, 15) is 4.79 Å². The fraction of sp³-hybridized carbons (Fsp3) is 0.240. The number of amides is 1. The van der Waals surface area contributed by atoms with Crippen molar-refractivity contribution in [2.24, 2.45) is 0 Å². The van der Waals surface area contributed by atoms with Gasteiger partial charge in [0.1, 0.15) is 11.9 Å². The first kappa shape index (κ1) is 21.2. The fourth-order valence-electron chi connectivity index (χ4n) is 4.06. The van der Waals surface area contributed by atoms with Crippen LogP contribution in [-0.4, -0.2) is 44.5 Å². The molecule has 1 atom stereocenters. The predicted octanol–water partition coefficient (Wildman–Crippen LogP) is 4.76. The highest BCUT2D eigenvalue weighted by molar-refractivity contribution is 7.15. The van der Waals surface area contributed by atoms with Gasteiger partial charge in [0.25, 0.3) is 0 Å². The Hall–Kier alpha value is -3.65. The first-order valence-corrected chi connectivity index (χ1v) is 11.7. The molecule has 0 bridgehead atoms. The van der Waals surface area contributed by atoms with E-state index in [0.717, 1.165) is 33.9 Å². The van der Waals surface area contributed by atoms with Crippen LogP contribution in [0.25, 0.3) is 10.9 Å². The van der Waals surface area contributed by atoms with Crippen molar-refractivity contribution in [2.45, 2.75) is 26.0 Å². The van der Waals surface area contributed by atoms with Gasteiger partial charge in [-0.15, -0.1) is 11.3 Å². The first-order valence-electron chi connectivity index (χ1n) is 10.9. The summed E-state index contributed by atoms with van der Waals surface area (Å²) in [5.41, 5.74) is 2.24. The fourth-order valence-corrected chi connectivity index (χ4v) is 4.73. The summed E-state index contributed by atoms with van der Waals surface area (Å²) < 4.78 is 8.55. The third kappa shape index (κ3) is 4.61. The summed E-state index contributed by atoms with van der Waals surface area (Å²) in [6.07, 6.45) is 5.90. The van der Waals surface area contributed by atoms with Gasteiger partial charge in [-0.2, -0.15) is 4.98 Å². The van der Waals surface area contributed by atoms with Crippen LogP contribution in [-0.2, 0) is 11.3 Å². The normalized spacial score (nSPS) is 15.7. The number of thiazole rings is 1. The maximum absolute atomic E-state index is 12.0. The summed E-state index contributed by atoms with van der Waals surface area (Å²) in [5.74, 6) is 1.17. The Morgan fingerprint density at radius 3 is 2.94 bits per heavy atom. The van der Waals surface area contributed by atoms with E-state index in [2.05, 4.69) is 39.8 Å². The number of rotatable bonds is 7. The van der Waals surface area contributed by atoms with Crippen molar-refractivity contribution < 1.29 is 9.53 Å². The number of carbonyl (C=O) groups is 1. The number of benzene rings is 1. The van der Waals surface area contributed by atoms with Gasteiger partial charge in [0.15, 0.2) is 5.13 Å². The predicted molar refractivity (Wildman–Crippen MR) is 131 cm³/mol. The lowest BCUT2D eigenvalue weighted by molar-refractivity contribution is -0.125. The summed E-state index contributed by atoms with van der Waals surface area (Å²) in [5, 5.41) is 5.06. The molecule has 0 saturated carbocycles. The molecule has 1 N–H and O–H groups in total. The van der Waals surface area contributed by atoms with E-state index in [1.165, 1.54) is 11.6 Å². The van der Waals surface area contributed by atoms with Crippen molar-refractivity contribution >= 4 is 39.1 Å². The topological polar surface area (TPSA) is 72.3 Å². The quantitative estimate of drug-likeness (QED) is 0.404. The molecule has 1 saturated heterocycles. The Morgan fingerprint density at radius 2 is 2.18 bits per heavy atom. The third-order valence-electron chi connectivity index (χ3n) is 5.69. The van der Waals surface area contributed by atoms with E-state index in [0.29, 0.717) is 24.8 Å². The van der Waals surface area contributed by atoms with Gasteiger partial charge >= 0.3 is 0 Å². The van der Waals surface area contributed by atoms with E-state index in [1.54, 1.807) is 16.2 Å². The minimum atomic E-state index is -0.112. The lowest BCUT2D eigenvalue weighted by atomic mass is 10.2. The monoisotopic (exact) mass is 459 g/mol. The summed E-state index contributed by atoms with van der Waals surface area (Å²) >= 11 is 1.58. The maximum Gasteiger partial charge on any atom is 0.246 e. The number of carbonyl (C=O) groups excluding carboxylic acids is 1. The molecule has 5 rings (SSSR count). The molecule has 4 heterocycles. The third-order valence-corrected chi connectivity index (χ3v) is 6.52. The smallest absolute Gasteiger partial charge is 0.246 e. The second kappa shape index (κ2) is 9.07. The minimum absolute atomic E-state index is 0.0669. The molecule has 33 heavy (non-hydrogen) atoms. The van der Waals surface area contributed by atoms with E-state index in [4.69, 9.17) is 9.72 Å². The zero-order chi connectivity index (χ0) is 22.8. The Balaban J connectivity index is 1.48. The number of hydrogen-bond donors (Lipinski definition) is 1. The number of hydrogen-bond acceptors (Lipinski definition) is 6. The van der Waals surface area contributed by atoms with Crippen molar-refractivity contribution in [1.29, 1.82) is 0 Å². The molecular formula is C25H25N5O2S. The molecule has 1 fully saturated rings. The molecule has 1 aromatic carbocycles. The van der Waals surface area contributed by atoms with Crippen LogP contribution in [0.3, 0.4) is 0 Å². The molecule has 0 aliphatic carbocycles. The first-order chi connectivity index (χ1) is 16.1. The van der Waals surface area contributed by atoms with Crippen molar-refractivity contribution in [3.8, 4) is 5.88 Å². The highest BCUT2D eigenvalue weighted by atomic mass is 32.1. The highest BCUT2D eigenvalue weighted by Gasteiger charge is 2.27. The van der Waals surface area contributed by atoms with Crippen LogP contribution in [0.5, 0.6) is 5.88 Å². The molecule has 7 nitrogen and oxygen atoms in total. The summed E-state index contributed by atoms with van der Waals surface area (Å²) in [4.78, 5) is 24.0. The zero-order valence-electron chi connectivity index (χ0n) is 18.4. The van der Waals surface area contributed by atoms with E-state index in [-0.39, 0.29) is 12.0 Å². The van der Waals surface area contributed by atoms with Gasteiger partial charge in [-0.3, -0.25) is 4.79 Å². The van der Waals surface area contributed by atoms with Gasteiger partial charge in [0.2, 0.25) is 11.8 Å². The van der Waals surface area contributed by atoms with Crippen molar-refractivity contribution in [1.82, 2.24) is 19.4 Å². The summed E-state index contributed by atoms with van der Waals surface area (Å²) in [7, 11) is 0. The lowest BCUT2D eigenvalue weighted by Gasteiger charge is -2.17.